The van der Waals surface area contributed by atoms with Crippen molar-refractivity contribution in [3.63, 3.8) is 0 Å². The zero-order chi connectivity index (χ0) is 6.53. The molecule has 1 aliphatic rings. The van der Waals surface area contributed by atoms with Crippen LogP contribution in [-0.2, 0) is 0 Å². The number of nitrogens with zero attached hydrogens (tertiary/aromatic N) is 1. The summed E-state index contributed by atoms with van der Waals surface area (Å²) in [5.74, 6) is 0.319. The topological polar surface area (TPSA) is 35.8 Å². The minimum absolute atomic E-state index is 0.319. The minimum Gasteiger partial charge on any atom is -0.317 e. The molecule has 1 fully saturated rings. The maximum atomic E-state index is 8.54. The van der Waals surface area contributed by atoms with Crippen LogP contribution in [0.2, 0.25) is 0 Å². The Balaban J connectivity index is 2.29. The molecule has 0 radical (unpaired) electrons. The second-order valence-electron chi connectivity index (χ2n) is 2.51. The predicted molar refractivity (Wildman–Crippen MR) is 35.8 cm³/mol. The SMILES string of the molecule is N#CC1CCCNCC1. The maximum absolute atomic E-state index is 8.54. The first kappa shape index (κ1) is 6.57. The van der Waals surface area contributed by atoms with Gasteiger partial charge in [0.15, 0.2) is 0 Å². The highest BCUT2D eigenvalue weighted by Crippen LogP contribution is 2.10. The average molecular weight is 124 g/mol. The van der Waals surface area contributed by atoms with Crippen molar-refractivity contribution in [1.29, 1.82) is 5.26 Å². The van der Waals surface area contributed by atoms with Gasteiger partial charge in [-0.3, -0.25) is 0 Å². The second kappa shape index (κ2) is 3.47. The molecule has 0 aromatic rings. The van der Waals surface area contributed by atoms with Gasteiger partial charge in [0.2, 0.25) is 0 Å². The van der Waals surface area contributed by atoms with E-state index < -0.39 is 0 Å². The zero-order valence-corrected chi connectivity index (χ0v) is 5.56. The monoisotopic (exact) mass is 124 g/mol. The van der Waals surface area contributed by atoms with Gasteiger partial charge < -0.3 is 5.32 Å². The van der Waals surface area contributed by atoms with E-state index in [-0.39, 0.29) is 0 Å². The second-order valence-corrected chi connectivity index (χ2v) is 2.51. The van der Waals surface area contributed by atoms with Crippen LogP contribution in [0.5, 0.6) is 0 Å². The molecule has 0 aliphatic carbocycles. The summed E-state index contributed by atoms with van der Waals surface area (Å²) in [6, 6.07) is 2.30. The van der Waals surface area contributed by atoms with Crippen molar-refractivity contribution in [2.75, 3.05) is 13.1 Å². The molecule has 1 saturated heterocycles. The predicted octanol–water partition coefficient (Wildman–Crippen LogP) is 0.900. The summed E-state index contributed by atoms with van der Waals surface area (Å²) in [4.78, 5) is 0. The van der Waals surface area contributed by atoms with E-state index in [1.807, 2.05) is 0 Å². The first-order valence-corrected chi connectivity index (χ1v) is 3.54. The number of hydrogen-bond acceptors (Lipinski definition) is 2. The lowest BCUT2D eigenvalue weighted by Crippen LogP contribution is -2.13. The van der Waals surface area contributed by atoms with Gasteiger partial charge in [-0.15, -0.1) is 0 Å². The molecule has 2 heteroatoms. The van der Waals surface area contributed by atoms with Crippen molar-refractivity contribution in [2.45, 2.75) is 19.3 Å². The Hall–Kier alpha value is -0.550. The van der Waals surface area contributed by atoms with Gasteiger partial charge >= 0.3 is 0 Å². The van der Waals surface area contributed by atoms with E-state index in [2.05, 4.69) is 11.4 Å². The molecule has 1 atom stereocenters. The summed E-state index contributed by atoms with van der Waals surface area (Å²) in [6.07, 6.45) is 3.29. The number of hydrogen-bond donors (Lipinski definition) is 1. The largest absolute Gasteiger partial charge is 0.317 e. The molecule has 2 nitrogen and oxygen atoms in total. The Morgan fingerprint density at radius 2 is 2.22 bits per heavy atom. The third-order valence-electron chi connectivity index (χ3n) is 1.76. The zero-order valence-electron chi connectivity index (χ0n) is 5.56. The molecule has 0 spiro atoms. The van der Waals surface area contributed by atoms with Crippen LogP contribution in [0.1, 0.15) is 19.3 Å². The van der Waals surface area contributed by atoms with Crippen molar-refractivity contribution >= 4 is 0 Å². The van der Waals surface area contributed by atoms with E-state index in [1.54, 1.807) is 0 Å². The van der Waals surface area contributed by atoms with Crippen LogP contribution in [0.25, 0.3) is 0 Å². The van der Waals surface area contributed by atoms with Gasteiger partial charge in [0, 0.05) is 5.92 Å². The fraction of sp³-hybridized carbons (Fsp3) is 0.857. The van der Waals surface area contributed by atoms with Crippen LogP contribution in [0.3, 0.4) is 0 Å². The molecule has 1 aliphatic heterocycles. The lowest BCUT2D eigenvalue weighted by Gasteiger charge is -1.99. The van der Waals surface area contributed by atoms with E-state index in [0.717, 1.165) is 32.4 Å². The van der Waals surface area contributed by atoms with Gasteiger partial charge in [-0.1, -0.05) is 0 Å². The molecule has 1 N–H and O–H groups in total. The van der Waals surface area contributed by atoms with Gasteiger partial charge in [-0.05, 0) is 32.4 Å². The quantitative estimate of drug-likeness (QED) is 0.520. The van der Waals surface area contributed by atoms with E-state index in [4.69, 9.17) is 5.26 Å². The molecule has 0 amide bonds. The van der Waals surface area contributed by atoms with Crippen molar-refractivity contribution in [3.8, 4) is 6.07 Å². The van der Waals surface area contributed by atoms with Crippen molar-refractivity contribution < 1.29 is 0 Å². The Labute approximate surface area is 55.9 Å². The average Bonchev–Trinajstić information content (AvgIpc) is 2.13. The van der Waals surface area contributed by atoms with E-state index >= 15 is 0 Å². The minimum atomic E-state index is 0.319. The molecule has 9 heavy (non-hydrogen) atoms. The van der Waals surface area contributed by atoms with Crippen LogP contribution in [0, 0.1) is 17.2 Å². The fourth-order valence-electron chi connectivity index (χ4n) is 1.15. The van der Waals surface area contributed by atoms with Crippen molar-refractivity contribution in [2.24, 2.45) is 5.92 Å². The number of nitriles is 1. The van der Waals surface area contributed by atoms with Gasteiger partial charge in [0.05, 0.1) is 6.07 Å². The fourth-order valence-corrected chi connectivity index (χ4v) is 1.15. The molecule has 0 aromatic heterocycles. The summed E-state index contributed by atoms with van der Waals surface area (Å²) >= 11 is 0. The number of rotatable bonds is 0. The van der Waals surface area contributed by atoms with Crippen molar-refractivity contribution in [3.05, 3.63) is 0 Å². The van der Waals surface area contributed by atoms with E-state index in [0.29, 0.717) is 5.92 Å². The third kappa shape index (κ3) is 2.03. The normalized spacial score (nSPS) is 28.6. The summed E-state index contributed by atoms with van der Waals surface area (Å²) in [7, 11) is 0. The highest BCUT2D eigenvalue weighted by molar-refractivity contribution is 4.84. The smallest absolute Gasteiger partial charge is 0.0656 e. The van der Waals surface area contributed by atoms with Crippen LogP contribution in [0.4, 0.5) is 0 Å². The summed E-state index contributed by atoms with van der Waals surface area (Å²) in [5, 5.41) is 11.8. The highest BCUT2D eigenvalue weighted by Gasteiger charge is 2.08. The van der Waals surface area contributed by atoms with Crippen LogP contribution >= 0.6 is 0 Å². The molecule has 0 aromatic carbocycles. The van der Waals surface area contributed by atoms with Gasteiger partial charge in [-0.25, -0.2) is 0 Å². The Kier molecular flexibility index (Phi) is 2.53. The van der Waals surface area contributed by atoms with Crippen LogP contribution in [-0.4, -0.2) is 13.1 Å². The lowest BCUT2D eigenvalue weighted by atomic mass is 10.0. The maximum Gasteiger partial charge on any atom is 0.0656 e. The standard InChI is InChI=1S/C7H12N2/c8-6-7-2-1-4-9-5-3-7/h7,9H,1-5H2. The van der Waals surface area contributed by atoms with Gasteiger partial charge in [0.25, 0.3) is 0 Å². The van der Waals surface area contributed by atoms with Gasteiger partial charge in [-0.2, -0.15) is 5.26 Å². The lowest BCUT2D eigenvalue weighted by molar-refractivity contribution is 0.588. The van der Waals surface area contributed by atoms with Crippen LogP contribution in [0.15, 0.2) is 0 Å². The van der Waals surface area contributed by atoms with E-state index in [9.17, 15) is 0 Å². The molecule has 50 valence electrons. The first-order valence-electron chi connectivity index (χ1n) is 3.54. The van der Waals surface area contributed by atoms with Gasteiger partial charge in [0.1, 0.15) is 0 Å². The summed E-state index contributed by atoms with van der Waals surface area (Å²) < 4.78 is 0. The van der Waals surface area contributed by atoms with Crippen molar-refractivity contribution in [1.82, 2.24) is 5.32 Å². The first-order chi connectivity index (χ1) is 4.43. The molecule has 1 unspecified atom stereocenters. The summed E-state index contributed by atoms with van der Waals surface area (Å²) in [5.41, 5.74) is 0. The highest BCUT2D eigenvalue weighted by atomic mass is 14.8. The molecular weight excluding hydrogens is 112 g/mol. The number of nitrogens with one attached hydrogen (secondary N) is 1. The van der Waals surface area contributed by atoms with E-state index in [1.165, 1.54) is 0 Å². The molecule has 0 saturated carbocycles. The molecular formula is C7H12N2. The Bertz CT molecular complexity index is 107. The molecule has 1 heterocycles. The Morgan fingerprint density at radius 1 is 1.33 bits per heavy atom. The summed E-state index contributed by atoms with van der Waals surface area (Å²) in [6.45, 7) is 2.12. The Morgan fingerprint density at radius 3 is 3.00 bits per heavy atom. The third-order valence-corrected chi connectivity index (χ3v) is 1.76. The molecule has 0 bridgehead atoms. The van der Waals surface area contributed by atoms with Crippen LogP contribution < -0.4 is 5.32 Å². The molecule has 1 rings (SSSR count).